The molecule has 22 heavy (non-hydrogen) atoms. The van der Waals surface area contributed by atoms with Crippen LogP contribution in [-0.4, -0.2) is 17.0 Å². The Hall–Kier alpha value is -0.630. The molecule has 4 rings (SSSR count). The van der Waals surface area contributed by atoms with Crippen molar-refractivity contribution in [1.82, 2.24) is 0 Å². The average Bonchev–Trinajstić information content (AvgIpc) is 2.49. The summed E-state index contributed by atoms with van der Waals surface area (Å²) in [6.07, 6.45) is 6.51. The summed E-state index contributed by atoms with van der Waals surface area (Å²) in [4.78, 5) is 12.7. The van der Waals surface area contributed by atoms with Gasteiger partial charge in [-0.2, -0.15) is 0 Å². The fraction of sp³-hybridized carbons (Fsp3) is 0.850. The van der Waals surface area contributed by atoms with E-state index in [9.17, 15) is 9.90 Å². The monoisotopic (exact) mass is 302 g/mol. The molecule has 4 unspecified atom stereocenters. The van der Waals surface area contributed by atoms with Crippen molar-refractivity contribution in [3.05, 3.63) is 12.7 Å². The molecule has 0 radical (unpaired) electrons. The van der Waals surface area contributed by atoms with Gasteiger partial charge >= 0.3 is 0 Å². The third-order valence-corrected chi connectivity index (χ3v) is 9.19. The van der Waals surface area contributed by atoms with Crippen LogP contribution in [0.4, 0.5) is 0 Å². The number of aliphatic hydroxyl groups excluding tert-OH is 1. The molecule has 2 heteroatoms. The number of hydrogen-bond acceptors (Lipinski definition) is 2. The lowest BCUT2D eigenvalue weighted by Crippen LogP contribution is -2.83. The Bertz CT molecular complexity index is 568. The van der Waals surface area contributed by atoms with E-state index in [4.69, 9.17) is 0 Å². The van der Waals surface area contributed by atoms with Gasteiger partial charge < -0.3 is 5.11 Å². The molecule has 8 atom stereocenters. The lowest BCUT2D eigenvalue weighted by atomic mass is 9.18. The average molecular weight is 302 g/mol. The Morgan fingerprint density at radius 3 is 2.55 bits per heavy atom. The molecular formula is C20H30O2. The number of carbonyl (C=O) groups is 1. The number of Topliss-reactive ketones (excluding diaryl/α,β-unsaturated/α-hetero) is 1. The van der Waals surface area contributed by atoms with E-state index in [1.807, 2.05) is 6.08 Å². The van der Waals surface area contributed by atoms with E-state index < -0.39 is 0 Å². The van der Waals surface area contributed by atoms with Gasteiger partial charge in [0.25, 0.3) is 0 Å². The van der Waals surface area contributed by atoms with E-state index in [1.54, 1.807) is 0 Å². The minimum Gasteiger partial charge on any atom is -0.392 e. The molecule has 0 aliphatic heterocycles. The van der Waals surface area contributed by atoms with Crippen LogP contribution in [0.5, 0.6) is 0 Å². The van der Waals surface area contributed by atoms with Crippen molar-refractivity contribution in [3.63, 3.8) is 0 Å². The molecule has 2 spiro atoms. The quantitative estimate of drug-likeness (QED) is 0.744. The molecule has 2 bridgehead atoms. The highest BCUT2D eigenvalue weighted by Crippen LogP contribution is 2.87. The van der Waals surface area contributed by atoms with E-state index in [2.05, 4.69) is 34.3 Å². The SMILES string of the molecule is C=C[C@]1(C)CC[C@]2(C)C(C)[C@@]34CC(CCC3=O)(C24)[C@@H](C)C1O. The molecule has 4 aliphatic rings. The molecule has 122 valence electrons. The van der Waals surface area contributed by atoms with Crippen molar-refractivity contribution >= 4 is 5.78 Å². The van der Waals surface area contributed by atoms with Gasteiger partial charge in [0.1, 0.15) is 5.78 Å². The lowest BCUT2D eigenvalue weighted by molar-refractivity contribution is -0.359. The zero-order valence-electron chi connectivity index (χ0n) is 14.5. The van der Waals surface area contributed by atoms with Crippen LogP contribution in [0.25, 0.3) is 0 Å². The fourth-order valence-electron chi connectivity index (χ4n) is 7.64. The molecule has 0 amide bonds. The topological polar surface area (TPSA) is 37.3 Å². The predicted octanol–water partition coefficient (Wildman–Crippen LogP) is 3.98. The van der Waals surface area contributed by atoms with E-state index in [0.29, 0.717) is 17.6 Å². The van der Waals surface area contributed by atoms with Gasteiger partial charge in [-0.25, -0.2) is 0 Å². The Morgan fingerprint density at radius 1 is 1.23 bits per heavy atom. The highest BCUT2D eigenvalue weighted by atomic mass is 16.3. The van der Waals surface area contributed by atoms with Crippen LogP contribution < -0.4 is 0 Å². The standard InChI is InChI=1S/C20H30O2/c1-6-17(4)9-10-18(5)13(3)20-11-19(16(18)20,8-7-14(20)21)12(2)15(17)22/h6,12-13,15-16,22H,1,7-11H2,2-5H3/t12-,13?,15?,16?,17+,18+,19?,20-/m0/s1. The second kappa shape index (κ2) is 3.88. The van der Waals surface area contributed by atoms with Gasteiger partial charge in [-0.1, -0.05) is 33.8 Å². The first kappa shape index (κ1) is 14.9. The van der Waals surface area contributed by atoms with Crippen LogP contribution in [0, 0.1) is 39.4 Å². The maximum Gasteiger partial charge on any atom is 0.139 e. The summed E-state index contributed by atoms with van der Waals surface area (Å²) in [6, 6.07) is 0. The van der Waals surface area contributed by atoms with Gasteiger partial charge in [-0.05, 0) is 54.3 Å². The van der Waals surface area contributed by atoms with Crippen LogP contribution in [0.1, 0.15) is 59.8 Å². The first-order valence-corrected chi connectivity index (χ1v) is 9.04. The van der Waals surface area contributed by atoms with E-state index in [-0.39, 0.29) is 33.7 Å². The van der Waals surface area contributed by atoms with Crippen LogP contribution in [0.2, 0.25) is 0 Å². The summed E-state index contributed by atoms with van der Waals surface area (Å²) >= 11 is 0. The van der Waals surface area contributed by atoms with Gasteiger partial charge in [-0.3, -0.25) is 4.79 Å². The summed E-state index contributed by atoms with van der Waals surface area (Å²) in [5.74, 6) is 1.80. The smallest absolute Gasteiger partial charge is 0.139 e. The second-order valence-electron chi connectivity index (χ2n) is 9.48. The Morgan fingerprint density at radius 2 is 1.91 bits per heavy atom. The van der Waals surface area contributed by atoms with Crippen LogP contribution >= 0.6 is 0 Å². The van der Waals surface area contributed by atoms with Crippen molar-refractivity contribution in [1.29, 1.82) is 0 Å². The zero-order chi connectivity index (χ0) is 16.1. The van der Waals surface area contributed by atoms with Crippen LogP contribution in [0.15, 0.2) is 12.7 Å². The van der Waals surface area contributed by atoms with Gasteiger partial charge in [-0.15, -0.1) is 6.58 Å². The Balaban J connectivity index is 1.83. The minimum absolute atomic E-state index is 0.0249. The molecule has 2 nitrogen and oxygen atoms in total. The molecule has 1 N–H and O–H groups in total. The third-order valence-electron chi connectivity index (χ3n) is 9.19. The number of carbonyl (C=O) groups excluding carboxylic acids is 1. The molecule has 4 aliphatic carbocycles. The van der Waals surface area contributed by atoms with Gasteiger partial charge in [0.2, 0.25) is 0 Å². The first-order valence-electron chi connectivity index (χ1n) is 9.04. The first-order chi connectivity index (χ1) is 10.2. The molecule has 4 saturated carbocycles. The molecule has 0 aromatic carbocycles. The summed E-state index contributed by atoms with van der Waals surface area (Å²) in [6.45, 7) is 13.2. The highest BCUT2D eigenvalue weighted by Gasteiger charge is 2.85. The van der Waals surface area contributed by atoms with Crippen molar-refractivity contribution in [2.75, 3.05) is 0 Å². The van der Waals surface area contributed by atoms with Crippen LogP contribution in [-0.2, 0) is 4.79 Å². The molecule has 0 aromatic heterocycles. The number of ketones is 1. The predicted molar refractivity (Wildman–Crippen MR) is 87.2 cm³/mol. The molecule has 0 saturated heterocycles. The molecule has 0 aromatic rings. The second-order valence-corrected chi connectivity index (χ2v) is 9.48. The highest BCUT2D eigenvalue weighted by molar-refractivity contribution is 5.90. The van der Waals surface area contributed by atoms with Gasteiger partial charge in [0.15, 0.2) is 0 Å². The van der Waals surface area contributed by atoms with Crippen molar-refractivity contribution in [2.45, 2.75) is 65.9 Å². The molecular weight excluding hydrogens is 272 g/mol. The van der Waals surface area contributed by atoms with E-state index in [1.165, 1.54) is 0 Å². The lowest BCUT2D eigenvalue weighted by Gasteiger charge is -2.85. The number of aliphatic hydroxyl groups is 1. The van der Waals surface area contributed by atoms with Gasteiger partial charge in [0, 0.05) is 17.3 Å². The maximum absolute atomic E-state index is 12.7. The zero-order valence-corrected chi connectivity index (χ0v) is 14.5. The van der Waals surface area contributed by atoms with Crippen molar-refractivity contribution in [2.24, 2.45) is 39.4 Å². The maximum atomic E-state index is 12.7. The minimum atomic E-state index is -0.336. The largest absolute Gasteiger partial charge is 0.392 e. The van der Waals surface area contributed by atoms with Crippen molar-refractivity contribution < 1.29 is 9.90 Å². The van der Waals surface area contributed by atoms with E-state index >= 15 is 0 Å². The normalized spacial score (nSPS) is 62.9. The summed E-state index contributed by atoms with van der Waals surface area (Å²) in [5.41, 5.74) is 0.242. The van der Waals surface area contributed by atoms with Gasteiger partial charge in [0.05, 0.1) is 6.10 Å². The third kappa shape index (κ3) is 1.21. The van der Waals surface area contributed by atoms with Crippen LogP contribution in [0.3, 0.4) is 0 Å². The Labute approximate surface area is 134 Å². The molecule has 0 heterocycles. The fourth-order valence-corrected chi connectivity index (χ4v) is 7.64. The number of hydrogen-bond donors (Lipinski definition) is 1. The Kier molecular flexibility index (Phi) is 2.63. The summed E-state index contributed by atoms with van der Waals surface area (Å²) in [5, 5.41) is 11.1. The number of rotatable bonds is 1. The van der Waals surface area contributed by atoms with E-state index in [0.717, 1.165) is 32.1 Å². The summed E-state index contributed by atoms with van der Waals surface area (Å²) in [7, 11) is 0. The summed E-state index contributed by atoms with van der Waals surface area (Å²) < 4.78 is 0. The molecule has 4 fully saturated rings. The van der Waals surface area contributed by atoms with Crippen molar-refractivity contribution in [3.8, 4) is 0 Å².